The number of hydrogen-bond acceptors (Lipinski definition) is 6. The van der Waals surface area contributed by atoms with Crippen molar-refractivity contribution in [2.24, 2.45) is 11.7 Å². The van der Waals surface area contributed by atoms with E-state index < -0.39 is 5.91 Å². The number of hydrogen-bond donors (Lipinski definition) is 3. The van der Waals surface area contributed by atoms with E-state index >= 15 is 0 Å². The number of carbonyl (C=O) groups is 2. The van der Waals surface area contributed by atoms with Crippen LogP contribution in [0.1, 0.15) is 30.1 Å². The lowest BCUT2D eigenvalue weighted by atomic mass is 9.97. The molecular weight excluding hydrogens is 278 g/mol. The Morgan fingerprint density at radius 3 is 2.65 bits per heavy atom. The van der Waals surface area contributed by atoms with Gasteiger partial charge in [-0.3, -0.25) is 9.59 Å². The van der Waals surface area contributed by atoms with Crippen molar-refractivity contribution in [3.05, 3.63) is 5.56 Å². The third-order valence-corrected chi connectivity index (χ3v) is 4.41. The van der Waals surface area contributed by atoms with E-state index in [1.807, 2.05) is 0 Å². The smallest absolute Gasteiger partial charge is 0.255 e. The summed E-state index contributed by atoms with van der Waals surface area (Å²) in [6.07, 6.45) is 1.91. The van der Waals surface area contributed by atoms with Crippen LogP contribution in [0.5, 0.6) is 0 Å². The molecule has 0 bridgehead atoms. The third kappa shape index (κ3) is 3.19. The van der Waals surface area contributed by atoms with Gasteiger partial charge in [0.15, 0.2) is 5.82 Å². The van der Waals surface area contributed by atoms with E-state index in [4.69, 9.17) is 11.5 Å². The molecule has 0 aliphatic carbocycles. The van der Waals surface area contributed by atoms with Crippen LogP contribution in [0.25, 0.3) is 0 Å². The first kappa shape index (κ1) is 14.6. The van der Waals surface area contributed by atoms with E-state index in [0.717, 1.165) is 30.9 Å². The van der Waals surface area contributed by atoms with Gasteiger partial charge in [0.2, 0.25) is 5.91 Å². The van der Waals surface area contributed by atoms with Crippen LogP contribution in [0.3, 0.4) is 0 Å². The first-order valence-corrected chi connectivity index (χ1v) is 7.30. The molecule has 0 spiro atoms. The van der Waals surface area contributed by atoms with E-state index in [-0.39, 0.29) is 11.7 Å². The Morgan fingerprint density at radius 2 is 2.10 bits per heavy atom. The molecule has 1 fully saturated rings. The van der Waals surface area contributed by atoms with Gasteiger partial charge in [0.05, 0.1) is 0 Å². The fourth-order valence-corrected chi connectivity index (χ4v) is 3.24. The van der Waals surface area contributed by atoms with Gasteiger partial charge < -0.3 is 21.7 Å². The quantitative estimate of drug-likeness (QED) is 0.733. The monoisotopic (exact) mass is 297 g/mol. The van der Waals surface area contributed by atoms with Crippen molar-refractivity contribution in [2.45, 2.75) is 19.8 Å². The average Bonchev–Trinajstić information content (AvgIpc) is 2.79. The van der Waals surface area contributed by atoms with Crippen molar-refractivity contribution in [2.75, 3.05) is 30.3 Å². The van der Waals surface area contributed by atoms with Gasteiger partial charge in [-0.25, -0.2) is 0 Å². The summed E-state index contributed by atoms with van der Waals surface area (Å²) in [5.41, 5.74) is 11.4. The summed E-state index contributed by atoms with van der Waals surface area (Å²) in [5, 5.41) is 3.60. The molecule has 0 saturated carbocycles. The summed E-state index contributed by atoms with van der Waals surface area (Å²) < 4.78 is 4.01. The second-order valence-electron chi connectivity index (χ2n) is 4.98. The Labute approximate surface area is 121 Å². The molecule has 0 aromatic carbocycles. The summed E-state index contributed by atoms with van der Waals surface area (Å²) in [7, 11) is 0. The Bertz CT molecular complexity index is 508. The van der Waals surface area contributed by atoms with E-state index in [9.17, 15) is 9.59 Å². The van der Waals surface area contributed by atoms with E-state index in [1.165, 1.54) is 18.5 Å². The number of anilines is 2. The predicted octanol–water partition coefficient (Wildman–Crippen LogP) is 0.177. The number of amides is 2. The molecule has 7 nitrogen and oxygen atoms in total. The van der Waals surface area contributed by atoms with Gasteiger partial charge in [-0.15, -0.1) is 0 Å². The minimum Gasteiger partial charge on any atom is -0.382 e. The number of aromatic nitrogens is 1. The first-order valence-electron chi connectivity index (χ1n) is 6.53. The zero-order valence-corrected chi connectivity index (χ0v) is 12.2. The second kappa shape index (κ2) is 6.08. The Kier molecular flexibility index (Phi) is 4.43. The van der Waals surface area contributed by atoms with Crippen molar-refractivity contribution in [3.8, 4) is 0 Å². The molecule has 2 amide bonds. The van der Waals surface area contributed by atoms with Crippen LogP contribution in [0.4, 0.5) is 10.8 Å². The lowest BCUT2D eigenvalue weighted by molar-refractivity contribution is -0.119. The fourth-order valence-electron chi connectivity index (χ4n) is 2.37. The molecular formula is C12H19N5O2S. The van der Waals surface area contributed by atoms with Crippen LogP contribution < -0.4 is 21.7 Å². The molecule has 110 valence electrons. The van der Waals surface area contributed by atoms with Gasteiger partial charge in [0, 0.05) is 26.6 Å². The van der Waals surface area contributed by atoms with Gasteiger partial charge >= 0.3 is 0 Å². The summed E-state index contributed by atoms with van der Waals surface area (Å²) in [4.78, 5) is 24.4. The zero-order valence-electron chi connectivity index (χ0n) is 11.4. The second-order valence-corrected chi connectivity index (χ2v) is 5.73. The molecule has 0 radical (unpaired) electrons. The summed E-state index contributed by atoms with van der Waals surface area (Å²) >= 11 is 1.21. The van der Waals surface area contributed by atoms with Crippen molar-refractivity contribution < 1.29 is 9.59 Å². The minimum atomic E-state index is -0.536. The van der Waals surface area contributed by atoms with Crippen LogP contribution in [-0.4, -0.2) is 35.8 Å². The standard InChI is InChI=1S/C12H19N5O2S/c1-7(18)15-6-8-2-4-17(5-3-8)12-9(11(14)19)10(13)16-20-12/h8H,2-6H2,1H3,(H2,13,16)(H2,14,19)(H,15,18). The molecule has 8 heteroatoms. The number of nitrogens with two attached hydrogens (primary N) is 2. The van der Waals surface area contributed by atoms with Gasteiger partial charge in [0.1, 0.15) is 10.6 Å². The summed E-state index contributed by atoms with van der Waals surface area (Å²) in [6.45, 7) is 3.85. The highest BCUT2D eigenvalue weighted by atomic mass is 32.1. The largest absolute Gasteiger partial charge is 0.382 e. The third-order valence-electron chi connectivity index (χ3n) is 3.49. The van der Waals surface area contributed by atoms with Gasteiger partial charge in [0.25, 0.3) is 5.91 Å². The van der Waals surface area contributed by atoms with Crippen LogP contribution in [0.2, 0.25) is 0 Å². The molecule has 0 unspecified atom stereocenters. The number of nitrogens with zero attached hydrogens (tertiary/aromatic N) is 2. The number of rotatable bonds is 4. The molecule has 1 aliphatic heterocycles. The van der Waals surface area contributed by atoms with Crippen molar-refractivity contribution in [3.63, 3.8) is 0 Å². The van der Waals surface area contributed by atoms with Crippen molar-refractivity contribution in [1.82, 2.24) is 9.69 Å². The van der Waals surface area contributed by atoms with Crippen molar-refractivity contribution >= 4 is 34.2 Å². The Morgan fingerprint density at radius 1 is 1.45 bits per heavy atom. The molecule has 1 aromatic rings. The lowest BCUT2D eigenvalue weighted by Crippen LogP contribution is -2.38. The van der Waals surface area contributed by atoms with Crippen LogP contribution >= 0.6 is 11.5 Å². The number of carbonyl (C=O) groups excluding carboxylic acids is 2. The van der Waals surface area contributed by atoms with Crippen LogP contribution in [-0.2, 0) is 4.79 Å². The van der Waals surface area contributed by atoms with Gasteiger partial charge in [-0.05, 0) is 30.3 Å². The molecule has 5 N–H and O–H groups in total. The maximum Gasteiger partial charge on any atom is 0.255 e. The molecule has 1 aromatic heterocycles. The maximum atomic E-state index is 11.4. The van der Waals surface area contributed by atoms with Crippen molar-refractivity contribution in [1.29, 1.82) is 0 Å². The number of nitrogens with one attached hydrogen (secondary N) is 1. The van der Waals surface area contributed by atoms with E-state index in [2.05, 4.69) is 14.6 Å². The highest BCUT2D eigenvalue weighted by molar-refractivity contribution is 7.11. The molecule has 2 heterocycles. The number of piperidine rings is 1. The van der Waals surface area contributed by atoms with Crippen LogP contribution in [0.15, 0.2) is 0 Å². The Hall–Kier alpha value is -1.83. The van der Waals surface area contributed by atoms with Crippen LogP contribution in [0, 0.1) is 5.92 Å². The lowest BCUT2D eigenvalue weighted by Gasteiger charge is -2.32. The summed E-state index contributed by atoms with van der Waals surface area (Å²) in [5.74, 6) is 0.139. The Balaban J connectivity index is 1.97. The molecule has 20 heavy (non-hydrogen) atoms. The van der Waals surface area contributed by atoms with Gasteiger partial charge in [-0.2, -0.15) is 4.37 Å². The van der Waals surface area contributed by atoms with Gasteiger partial charge in [-0.1, -0.05) is 0 Å². The SMILES string of the molecule is CC(=O)NCC1CCN(c2snc(N)c2C(N)=O)CC1. The normalized spacial score (nSPS) is 16.1. The topological polar surface area (TPSA) is 114 Å². The minimum absolute atomic E-state index is 0.00123. The molecule has 0 atom stereocenters. The first-order chi connectivity index (χ1) is 9.49. The summed E-state index contributed by atoms with van der Waals surface area (Å²) in [6, 6.07) is 0. The number of nitrogen functional groups attached to an aromatic ring is 1. The predicted molar refractivity (Wildman–Crippen MR) is 78.7 cm³/mol. The highest BCUT2D eigenvalue weighted by Crippen LogP contribution is 2.32. The van der Waals surface area contributed by atoms with E-state index in [0.29, 0.717) is 18.0 Å². The average molecular weight is 297 g/mol. The highest BCUT2D eigenvalue weighted by Gasteiger charge is 2.26. The van der Waals surface area contributed by atoms with E-state index in [1.54, 1.807) is 0 Å². The molecule has 1 aliphatic rings. The zero-order chi connectivity index (χ0) is 14.7. The number of primary amides is 1. The maximum absolute atomic E-state index is 11.4. The molecule has 2 rings (SSSR count). The fraction of sp³-hybridized carbons (Fsp3) is 0.583. The molecule has 1 saturated heterocycles.